The molecule has 0 saturated carbocycles. The molecule has 6 nitrogen and oxygen atoms in total. The number of methoxy groups -OCH3 is 1. The summed E-state index contributed by atoms with van der Waals surface area (Å²) in [4.78, 5) is 12.4. The summed E-state index contributed by atoms with van der Waals surface area (Å²) < 4.78 is 43.3. The molecule has 0 aliphatic carbocycles. The van der Waals surface area contributed by atoms with Gasteiger partial charge in [0.25, 0.3) is 0 Å². The number of hydrogen-bond acceptors (Lipinski definition) is 4. The van der Waals surface area contributed by atoms with Gasteiger partial charge in [-0.1, -0.05) is 18.2 Å². The number of sulfonamides is 1. The molecule has 1 amide bonds. The van der Waals surface area contributed by atoms with Crippen molar-refractivity contribution in [3.05, 3.63) is 59.4 Å². The molecule has 0 fully saturated rings. The third-order valence-electron chi connectivity index (χ3n) is 3.98. The van der Waals surface area contributed by atoms with Gasteiger partial charge >= 0.3 is 0 Å². The van der Waals surface area contributed by atoms with E-state index in [1.807, 2.05) is 13.0 Å². The Bertz CT molecular complexity index is 898. The highest BCUT2D eigenvalue weighted by molar-refractivity contribution is 7.88. The molecule has 0 spiro atoms. The molecule has 0 aliphatic rings. The van der Waals surface area contributed by atoms with E-state index < -0.39 is 15.9 Å². The van der Waals surface area contributed by atoms with Crippen LogP contribution < -0.4 is 10.1 Å². The second-order valence-corrected chi connectivity index (χ2v) is 8.21. The van der Waals surface area contributed by atoms with Gasteiger partial charge in [-0.25, -0.2) is 12.8 Å². The van der Waals surface area contributed by atoms with Crippen LogP contribution in [0.25, 0.3) is 0 Å². The monoisotopic (exact) mass is 394 g/mol. The van der Waals surface area contributed by atoms with Crippen molar-refractivity contribution in [1.29, 1.82) is 0 Å². The molecule has 1 N–H and O–H groups in total. The third-order valence-corrected chi connectivity index (χ3v) is 5.23. The van der Waals surface area contributed by atoms with Crippen LogP contribution >= 0.6 is 0 Å². The molecule has 0 aromatic heterocycles. The molecule has 0 radical (unpaired) electrons. The number of rotatable bonds is 8. The fourth-order valence-electron chi connectivity index (χ4n) is 2.54. The van der Waals surface area contributed by atoms with Gasteiger partial charge in [0.15, 0.2) is 0 Å². The van der Waals surface area contributed by atoms with Crippen LogP contribution in [0.5, 0.6) is 5.75 Å². The highest BCUT2D eigenvalue weighted by atomic mass is 32.2. The zero-order valence-electron chi connectivity index (χ0n) is 15.5. The Morgan fingerprint density at radius 3 is 2.44 bits per heavy atom. The third kappa shape index (κ3) is 6.33. The number of anilines is 1. The molecule has 2 aromatic carbocycles. The highest BCUT2D eigenvalue weighted by Crippen LogP contribution is 2.25. The normalized spacial score (nSPS) is 11.4. The van der Waals surface area contributed by atoms with Crippen LogP contribution in [-0.4, -0.2) is 45.1 Å². The first kappa shape index (κ1) is 20.9. The van der Waals surface area contributed by atoms with Gasteiger partial charge in [0.1, 0.15) is 11.6 Å². The lowest BCUT2D eigenvalue weighted by Gasteiger charge is -2.20. The number of amides is 1. The van der Waals surface area contributed by atoms with E-state index in [0.717, 1.165) is 21.7 Å². The van der Waals surface area contributed by atoms with Crippen molar-refractivity contribution >= 4 is 21.6 Å². The molecular weight excluding hydrogens is 371 g/mol. The zero-order chi connectivity index (χ0) is 20.0. The van der Waals surface area contributed by atoms with Crippen molar-refractivity contribution < 1.29 is 22.3 Å². The van der Waals surface area contributed by atoms with Crippen molar-refractivity contribution in [3.63, 3.8) is 0 Å². The highest BCUT2D eigenvalue weighted by Gasteiger charge is 2.20. The molecule has 8 heteroatoms. The predicted molar refractivity (Wildman–Crippen MR) is 103 cm³/mol. The Morgan fingerprint density at radius 2 is 1.85 bits per heavy atom. The van der Waals surface area contributed by atoms with Crippen LogP contribution in [-0.2, 0) is 21.2 Å². The number of carbonyl (C=O) groups is 1. The fourth-order valence-corrected chi connectivity index (χ4v) is 3.31. The molecule has 27 heavy (non-hydrogen) atoms. The van der Waals surface area contributed by atoms with E-state index in [9.17, 15) is 17.6 Å². The van der Waals surface area contributed by atoms with Crippen molar-refractivity contribution in [2.24, 2.45) is 0 Å². The fraction of sp³-hybridized carbons (Fsp3) is 0.316. The molecule has 0 saturated heterocycles. The van der Waals surface area contributed by atoms with E-state index in [2.05, 4.69) is 5.32 Å². The van der Waals surface area contributed by atoms with Crippen LogP contribution in [0, 0.1) is 12.7 Å². The summed E-state index contributed by atoms with van der Waals surface area (Å²) in [6.45, 7) is 1.67. The second kappa shape index (κ2) is 8.96. The van der Waals surface area contributed by atoms with E-state index in [0.29, 0.717) is 17.9 Å². The van der Waals surface area contributed by atoms with Crippen molar-refractivity contribution in [2.45, 2.75) is 13.3 Å². The quantitative estimate of drug-likeness (QED) is 0.747. The van der Waals surface area contributed by atoms with Crippen LogP contribution in [0.2, 0.25) is 0 Å². The van der Waals surface area contributed by atoms with E-state index in [1.54, 1.807) is 24.3 Å². The molecule has 2 rings (SSSR count). The van der Waals surface area contributed by atoms with Gasteiger partial charge in [-0.2, -0.15) is 4.31 Å². The average Bonchev–Trinajstić information content (AvgIpc) is 2.59. The maximum absolute atomic E-state index is 13.0. The maximum Gasteiger partial charge on any atom is 0.239 e. The largest absolute Gasteiger partial charge is 0.495 e. The van der Waals surface area contributed by atoms with E-state index in [1.165, 1.54) is 19.2 Å². The van der Waals surface area contributed by atoms with Crippen LogP contribution in [0.1, 0.15) is 11.1 Å². The number of halogens is 1. The summed E-state index contributed by atoms with van der Waals surface area (Å²) in [5, 5.41) is 2.69. The minimum Gasteiger partial charge on any atom is -0.495 e. The zero-order valence-corrected chi connectivity index (χ0v) is 16.3. The number of hydrogen-bond donors (Lipinski definition) is 1. The van der Waals surface area contributed by atoms with E-state index >= 15 is 0 Å². The van der Waals surface area contributed by atoms with Gasteiger partial charge in [0.2, 0.25) is 15.9 Å². The lowest BCUT2D eigenvalue weighted by molar-refractivity contribution is -0.116. The molecular formula is C19H23FN2O4S. The number of ether oxygens (including phenoxy) is 1. The predicted octanol–water partition coefficient (Wildman–Crippen LogP) is 2.59. The summed E-state index contributed by atoms with van der Waals surface area (Å²) >= 11 is 0. The van der Waals surface area contributed by atoms with Gasteiger partial charge < -0.3 is 10.1 Å². The molecule has 0 bridgehead atoms. The topological polar surface area (TPSA) is 75.7 Å². The van der Waals surface area contributed by atoms with Crippen molar-refractivity contribution in [2.75, 3.05) is 31.8 Å². The van der Waals surface area contributed by atoms with Gasteiger partial charge in [-0.3, -0.25) is 4.79 Å². The minimum absolute atomic E-state index is 0.114. The Labute approximate surface area is 159 Å². The molecule has 0 heterocycles. The standard InChI is InChI=1S/C19H23FN2O4S/c1-14-4-9-18(26-2)17(12-14)21-19(23)13-22(27(3,24)25)11-10-15-5-7-16(20)8-6-15/h4-9,12H,10-11,13H2,1-3H3,(H,21,23). The first-order valence-corrected chi connectivity index (χ1v) is 10.2. The SMILES string of the molecule is COc1ccc(C)cc1NC(=O)CN(CCc1ccc(F)cc1)S(C)(=O)=O. The molecule has 146 valence electrons. The first-order chi connectivity index (χ1) is 12.7. The molecule has 0 aliphatic heterocycles. The summed E-state index contributed by atoms with van der Waals surface area (Å²) in [7, 11) is -2.10. The van der Waals surface area contributed by atoms with Gasteiger partial charge in [0, 0.05) is 6.54 Å². The van der Waals surface area contributed by atoms with Crippen LogP contribution in [0.15, 0.2) is 42.5 Å². The first-order valence-electron chi connectivity index (χ1n) is 8.33. The van der Waals surface area contributed by atoms with Crippen molar-refractivity contribution in [3.8, 4) is 5.75 Å². The Hall–Kier alpha value is -2.45. The van der Waals surface area contributed by atoms with Gasteiger partial charge in [-0.15, -0.1) is 0 Å². The minimum atomic E-state index is -3.59. The molecule has 0 unspecified atom stereocenters. The van der Waals surface area contributed by atoms with E-state index in [4.69, 9.17) is 4.74 Å². The number of benzene rings is 2. The molecule has 2 aromatic rings. The number of carbonyl (C=O) groups excluding carboxylic acids is 1. The number of nitrogens with zero attached hydrogens (tertiary/aromatic N) is 1. The number of nitrogens with one attached hydrogen (secondary N) is 1. The number of aryl methyl sites for hydroxylation is 1. The van der Waals surface area contributed by atoms with Gasteiger partial charge in [0.05, 0.1) is 25.6 Å². The maximum atomic E-state index is 13.0. The Balaban J connectivity index is 2.06. The van der Waals surface area contributed by atoms with E-state index in [-0.39, 0.29) is 18.9 Å². The smallest absolute Gasteiger partial charge is 0.239 e. The van der Waals surface area contributed by atoms with Crippen molar-refractivity contribution in [1.82, 2.24) is 4.31 Å². The Kier molecular flexibility index (Phi) is 6.92. The summed E-state index contributed by atoms with van der Waals surface area (Å²) in [5.74, 6) is -0.334. The average molecular weight is 394 g/mol. The Morgan fingerprint density at radius 1 is 1.19 bits per heavy atom. The lowest BCUT2D eigenvalue weighted by Crippen LogP contribution is -2.38. The second-order valence-electron chi connectivity index (χ2n) is 6.22. The summed E-state index contributed by atoms with van der Waals surface area (Å²) in [6, 6.07) is 11.1. The van der Waals surface area contributed by atoms with Crippen LogP contribution in [0.4, 0.5) is 10.1 Å². The lowest BCUT2D eigenvalue weighted by atomic mass is 10.1. The molecule has 0 atom stereocenters. The van der Waals surface area contributed by atoms with Crippen LogP contribution in [0.3, 0.4) is 0 Å². The summed E-state index contributed by atoms with van der Waals surface area (Å²) in [5.41, 5.74) is 2.20. The summed E-state index contributed by atoms with van der Waals surface area (Å²) in [6.07, 6.45) is 1.42. The van der Waals surface area contributed by atoms with Gasteiger partial charge in [-0.05, 0) is 48.7 Å².